The Morgan fingerprint density at radius 1 is 1.25 bits per heavy atom. The summed E-state index contributed by atoms with van der Waals surface area (Å²) in [6.45, 7) is 0. The van der Waals surface area contributed by atoms with Crippen LogP contribution in [0.3, 0.4) is 0 Å². The van der Waals surface area contributed by atoms with Gasteiger partial charge in [0.15, 0.2) is 0 Å². The molecule has 2 rings (SSSR count). The van der Waals surface area contributed by atoms with Crippen molar-refractivity contribution in [3.63, 3.8) is 0 Å². The van der Waals surface area contributed by atoms with E-state index in [0.717, 1.165) is 10.4 Å². The first kappa shape index (κ1) is 11.0. The van der Waals surface area contributed by atoms with Crippen LogP contribution < -0.4 is 11.1 Å². The number of rotatable bonds is 2. The zero-order valence-electron chi connectivity index (χ0n) is 8.24. The van der Waals surface area contributed by atoms with Gasteiger partial charge in [-0.05, 0) is 18.2 Å². The third-order valence-corrected chi connectivity index (χ3v) is 3.36. The van der Waals surface area contributed by atoms with Crippen LogP contribution in [0.1, 0.15) is 0 Å². The fraction of sp³-hybridized carbons (Fsp3) is 0. The highest BCUT2D eigenvalue weighted by Gasteiger charge is 2.06. The van der Waals surface area contributed by atoms with Gasteiger partial charge >= 0.3 is 6.03 Å². The van der Waals surface area contributed by atoms with Crippen molar-refractivity contribution in [3.8, 4) is 10.4 Å². The van der Waals surface area contributed by atoms with Crippen LogP contribution >= 0.6 is 22.9 Å². The number of carbonyl (C=O) groups is 1. The molecule has 3 nitrogen and oxygen atoms in total. The monoisotopic (exact) mass is 252 g/mol. The Bertz CT molecular complexity index is 524. The fourth-order valence-corrected chi connectivity index (χ4v) is 2.57. The Kier molecular flexibility index (Phi) is 3.12. The number of anilines is 1. The molecule has 0 saturated heterocycles. The zero-order valence-corrected chi connectivity index (χ0v) is 9.81. The van der Waals surface area contributed by atoms with E-state index in [1.165, 1.54) is 11.3 Å². The molecule has 0 aliphatic rings. The quantitative estimate of drug-likeness (QED) is 0.844. The predicted molar refractivity (Wildman–Crippen MR) is 68.0 cm³/mol. The minimum atomic E-state index is -0.562. The summed E-state index contributed by atoms with van der Waals surface area (Å²) >= 11 is 7.50. The lowest BCUT2D eigenvalue weighted by molar-refractivity contribution is 0.259. The van der Waals surface area contributed by atoms with Crippen molar-refractivity contribution in [1.82, 2.24) is 0 Å². The summed E-state index contributed by atoms with van der Waals surface area (Å²) in [5.41, 5.74) is 5.98. The normalized spacial score (nSPS) is 10.1. The highest BCUT2D eigenvalue weighted by Crippen LogP contribution is 2.35. The molecular formula is C11H9ClN2OS. The number of benzene rings is 1. The number of amides is 2. The lowest BCUT2D eigenvalue weighted by Crippen LogP contribution is -2.18. The van der Waals surface area contributed by atoms with E-state index in [9.17, 15) is 4.79 Å². The number of urea groups is 1. The number of primary amides is 1. The molecule has 5 heteroatoms. The lowest BCUT2D eigenvalue weighted by atomic mass is 10.2. The van der Waals surface area contributed by atoms with Crippen molar-refractivity contribution in [2.45, 2.75) is 0 Å². The number of nitrogens with one attached hydrogen (secondary N) is 1. The molecule has 1 aromatic heterocycles. The summed E-state index contributed by atoms with van der Waals surface area (Å²) in [4.78, 5) is 11.7. The van der Waals surface area contributed by atoms with E-state index in [1.54, 1.807) is 6.07 Å². The largest absolute Gasteiger partial charge is 0.351 e. The van der Waals surface area contributed by atoms with E-state index in [1.807, 2.05) is 30.3 Å². The van der Waals surface area contributed by atoms with Crippen molar-refractivity contribution in [2.24, 2.45) is 5.73 Å². The van der Waals surface area contributed by atoms with Gasteiger partial charge in [-0.25, -0.2) is 4.79 Å². The smallest absolute Gasteiger partial charge is 0.317 e. The molecule has 82 valence electrons. The fourth-order valence-electron chi connectivity index (χ4n) is 1.33. The van der Waals surface area contributed by atoms with Crippen molar-refractivity contribution in [3.05, 3.63) is 41.4 Å². The highest BCUT2D eigenvalue weighted by molar-refractivity contribution is 7.19. The van der Waals surface area contributed by atoms with E-state index >= 15 is 0 Å². The van der Waals surface area contributed by atoms with Crippen molar-refractivity contribution < 1.29 is 4.79 Å². The Morgan fingerprint density at radius 2 is 2.00 bits per heavy atom. The summed E-state index contributed by atoms with van der Waals surface area (Å²) in [5.74, 6) is 0. The van der Waals surface area contributed by atoms with E-state index < -0.39 is 6.03 Å². The average molecular weight is 253 g/mol. The van der Waals surface area contributed by atoms with Crippen LogP contribution in [0, 0.1) is 0 Å². The minimum Gasteiger partial charge on any atom is -0.351 e. The van der Waals surface area contributed by atoms with Crippen LogP contribution in [0.5, 0.6) is 0 Å². The molecule has 0 saturated carbocycles. The molecule has 0 bridgehead atoms. The molecule has 16 heavy (non-hydrogen) atoms. The van der Waals surface area contributed by atoms with Gasteiger partial charge in [-0.1, -0.05) is 29.8 Å². The van der Waals surface area contributed by atoms with Gasteiger partial charge in [0, 0.05) is 15.5 Å². The van der Waals surface area contributed by atoms with Crippen LogP contribution in [0.25, 0.3) is 10.4 Å². The average Bonchev–Trinajstić information content (AvgIpc) is 2.66. The maximum Gasteiger partial charge on any atom is 0.317 e. The summed E-state index contributed by atoms with van der Waals surface area (Å²) in [5, 5.41) is 3.93. The number of hydrogen-bond acceptors (Lipinski definition) is 2. The zero-order chi connectivity index (χ0) is 11.5. The SMILES string of the molecule is NC(=O)Nc1ccc(-c2ccccc2Cl)s1. The van der Waals surface area contributed by atoms with Crippen LogP contribution in [0.2, 0.25) is 5.02 Å². The maximum absolute atomic E-state index is 10.7. The topological polar surface area (TPSA) is 55.1 Å². The van der Waals surface area contributed by atoms with Gasteiger partial charge in [-0.2, -0.15) is 0 Å². The highest BCUT2D eigenvalue weighted by atomic mass is 35.5. The molecule has 0 atom stereocenters. The first-order valence-electron chi connectivity index (χ1n) is 4.58. The second kappa shape index (κ2) is 4.55. The Balaban J connectivity index is 2.32. The van der Waals surface area contributed by atoms with Crippen molar-refractivity contribution in [1.29, 1.82) is 0 Å². The summed E-state index contributed by atoms with van der Waals surface area (Å²) in [6, 6.07) is 10.7. The first-order valence-corrected chi connectivity index (χ1v) is 5.77. The van der Waals surface area contributed by atoms with E-state index in [-0.39, 0.29) is 0 Å². The number of hydrogen-bond donors (Lipinski definition) is 2. The van der Waals surface area contributed by atoms with Gasteiger partial charge in [0.25, 0.3) is 0 Å². The molecule has 0 unspecified atom stereocenters. The first-order chi connectivity index (χ1) is 7.66. The standard InChI is InChI=1S/C11H9ClN2OS/c12-8-4-2-1-3-7(8)9-5-6-10(16-9)14-11(13)15/h1-6H,(H3,13,14,15). The molecule has 2 amide bonds. The lowest BCUT2D eigenvalue weighted by Gasteiger charge is -1.99. The van der Waals surface area contributed by atoms with E-state index in [4.69, 9.17) is 17.3 Å². The maximum atomic E-state index is 10.7. The molecule has 0 spiro atoms. The van der Waals surface area contributed by atoms with Crippen LogP contribution in [-0.2, 0) is 0 Å². The molecule has 1 aromatic carbocycles. The summed E-state index contributed by atoms with van der Waals surface area (Å²) in [7, 11) is 0. The second-order valence-corrected chi connectivity index (χ2v) is 4.62. The second-order valence-electron chi connectivity index (χ2n) is 3.13. The molecular weight excluding hydrogens is 244 g/mol. The van der Waals surface area contributed by atoms with Gasteiger partial charge in [0.2, 0.25) is 0 Å². The number of halogens is 1. The third-order valence-electron chi connectivity index (χ3n) is 1.99. The van der Waals surface area contributed by atoms with Gasteiger partial charge in [0.05, 0.1) is 5.00 Å². The minimum absolute atomic E-state index is 0.562. The predicted octanol–water partition coefficient (Wildman–Crippen LogP) is 3.56. The Morgan fingerprint density at radius 3 is 2.69 bits per heavy atom. The van der Waals surface area contributed by atoms with Gasteiger partial charge in [-0.15, -0.1) is 11.3 Å². The van der Waals surface area contributed by atoms with Crippen LogP contribution in [0.4, 0.5) is 9.80 Å². The van der Waals surface area contributed by atoms with E-state index in [2.05, 4.69) is 5.32 Å². The number of nitrogens with two attached hydrogens (primary N) is 1. The Labute approximate surface area is 102 Å². The summed E-state index contributed by atoms with van der Waals surface area (Å²) in [6.07, 6.45) is 0. The molecule has 3 N–H and O–H groups in total. The van der Waals surface area contributed by atoms with Gasteiger partial charge < -0.3 is 5.73 Å². The number of thiophene rings is 1. The van der Waals surface area contributed by atoms with E-state index in [0.29, 0.717) is 10.0 Å². The van der Waals surface area contributed by atoms with Crippen LogP contribution in [0.15, 0.2) is 36.4 Å². The third kappa shape index (κ3) is 2.35. The van der Waals surface area contributed by atoms with Gasteiger partial charge in [-0.3, -0.25) is 5.32 Å². The number of carbonyl (C=O) groups excluding carboxylic acids is 1. The summed E-state index contributed by atoms with van der Waals surface area (Å²) < 4.78 is 0. The molecule has 0 aliphatic carbocycles. The van der Waals surface area contributed by atoms with Crippen LogP contribution in [-0.4, -0.2) is 6.03 Å². The van der Waals surface area contributed by atoms with Gasteiger partial charge in [0.1, 0.15) is 0 Å². The Hall–Kier alpha value is -1.52. The molecule has 2 aromatic rings. The molecule has 0 fully saturated rings. The van der Waals surface area contributed by atoms with Crippen molar-refractivity contribution in [2.75, 3.05) is 5.32 Å². The van der Waals surface area contributed by atoms with Crippen molar-refractivity contribution >= 4 is 34.0 Å². The molecule has 0 radical (unpaired) electrons. The molecule has 0 aliphatic heterocycles. The molecule has 1 heterocycles.